The van der Waals surface area contributed by atoms with Gasteiger partial charge in [0.1, 0.15) is 0 Å². The Hall–Kier alpha value is -2.74. The molecule has 1 fully saturated rings. The summed E-state index contributed by atoms with van der Waals surface area (Å²) in [7, 11) is 1.57. The molecule has 0 spiro atoms. The zero-order chi connectivity index (χ0) is 22.5. The number of fused-ring (bicyclic) bond motifs is 1. The van der Waals surface area contributed by atoms with Crippen molar-refractivity contribution in [1.82, 2.24) is 15.1 Å². The van der Waals surface area contributed by atoms with Crippen molar-refractivity contribution in [2.45, 2.75) is 45.6 Å². The van der Waals surface area contributed by atoms with Crippen LogP contribution in [0.5, 0.6) is 0 Å². The number of amides is 4. The van der Waals surface area contributed by atoms with E-state index in [4.69, 9.17) is 4.74 Å². The van der Waals surface area contributed by atoms with Crippen LogP contribution in [0, 0.1) is 5.92 Å². The number of likely N-dealkylation sites (tertiary alicyclic amines) is 1. The van der Waals surface area contributed by atoms with Crippen molar-refractivity contribution in [3.8, 4) is 0 Å². The highest BCUT2D eigenvalue weighted by Crippen LogP contribution is 2.25. The molecule has 0 radical (unpaired) electrons. The molecule has 0 unspecified atom stereocenters. The van der Waals surface area contributed by atoms with E-state index in [0.29, 0.717) is 69.0 Å². The summed E-state index contributed by atoms with van der Waals surface area (Å²) in [6.07, 6.45) is 2.47. The van der Waals surface area contributed by atoms with Crippen LogP contribution in [0.25, 0.3) is 0 Å². The van der Waals surface area contributed by atoms with Crippen LogP contribution in [0.1, 0.15) is 70.6 Å². The maximum absolute atomic E-state index is 13.0. The standard InChI is InChI=1S/C23H31N3O5/c1-15(2)13-20(27)24-17-7-10-25(11-8-17)21(28)16-5-6-18-19(14-16)23(30)26(22(18)29)9-4-12-31-3/h5-6,14-15,17H,4,7-13H2,1-3H3,(H,24,27). The Morgan fingerprint density at radius 2 is 1.81 bits per heavy atom. The van der Waals surface area contributed by atoms with Crippen LogP contribution >= 0.6 is 0 Å². The first-order valence-electron chi connectivity index (χ1n) is 10.9. The van der Waals surface area contributed by atoms with Gasteiger partial charge in [-0.05, 0) is 43.4 Å². The highest BCUT2D eigenvalue weighted by molar-refractivity contribution is 6.22. The maximum Gasteiger partial charge on any atom is 0.261 e. The van der Waals surface area contributed by atoms with Gasteiger partial charge < -0.3 is 15.0 Å². The van der Waals surface area contributed by atoms with E-state index < -0.39 is 0 Å². The first-order chi connectivity index (χ1) is 14.8. The average Bonchev–Trinajstić information content (AvgIpc) is 2.97. The molecule has 1 aromatic carbocycles. The van der Waals surface area contributed by atoms with Gasteiger partial charge in [-0.15, -0.1) is 0 Å². The SMILES string of the molecule is COCCCN1C(=O)c2ccc(C(=O)N3CCC(NC(=O)CC(C)C)CC3)cc2C1=O. The summed E-state index contributed by atoms with van der Waals surface area (Å²) in [6.45, 7) is 5.85. The molecular weight excluding hydrogens is 398 g/mol. The molecule has 2 heterocycles. The Bertz CT molecular complexity index is 859. The van der Waals surface area contributed by atoms with E-state index in [2.05, 4.69) is 5.32 Å². The molecule has 0 saturated carbocycles. The summed E-state index contributed by atoms with van der Waals surface area (Å²) in [6, 6.07) is 4.79. The molecule has 1 aromatic rings. The Kier molecular flexibility index (Phi) is 7.43. The van der Waals surface area contributed by atoms with E-state index in [-0.39, 0.29) is 35.2 Å². The number of ether oxygens (including phenoxy) is 1. The van der Waals surface area contributed by atoms with E-state index in [0.717, 1.165) is 0 Å². The summed E-state index contributed by atoms with van der Waals surface area (Å²) in [5.74, 6) is -0.484. The van der Waals surface area contributed by atoms with Crippen LogP contribution in [0.2, 0.25) is 0 Å². The fourth-order valence-electron chi connectivity index (χ4n) is 4.06. The topological polar surface area (TPSA) is 96.0 Å². The number of nitrogens with zero attached hydrogens (tertiary/aromatic N) is 2. The largest absolute Gasteiger partial charge is 0.385 e. The van der Waals surface area contributed by atoms with Crippen molar-refractivity contribution in [3.63, 3.8) is 0 Å². The number of carbonyl (C=O) groups excluding carboxylic acids is 4. The second kappa shape index (κ2) is 10.0. The molecule has 0 aromatic heterocycles. The van der Waals surface area contributed by atoms with Gasteiger partial charge in [-0.25, -0.2) is 0 Å². The van der Waals surface area contributed by atoms with E-state index in [1.54, 1.807) is 24.1 Å². The van der Waals surface area contributed by atoms with E-state index in [1.165, 1.54) is 11.0 Å². The molecule has 8 nitrogen and oxygen atoms in total. The number of rotatable bonds is 8. The van der Waals surface area contributed by atoms with Gasteiger partial charge in [0, 0.05) is 51.4 Å². The van der Waals surface area contributed by atoms with Crippen LogP contribution in [-0.4, -0.2) is 72.8 Å². The average molecular weight is 430 g/mol. The second-order valence-corrected chi connectivity index (χ2v) is 8.60. The number of carbonyl (C=O) groups is 4. The third-order valence-electron chi connectivity index (χ3n) is 5.69. The third-order valence-corrected chi connectivity index (χ3v) is 5.69. The number of benzene rings is 1. The number of hydrogen-bond acceptors (Lipinski definition) is 5. The monoisotopic (exact) mass is 429 g/mol. The molecule has 8 heteroatoms. The molecule has 0 aliphatic carbocycles. The normalized spacial score (nSPS) is 16.8. The minimum Gasteiger partial charge on any atom is -0.385 e. The molecule has 0 bridgehead atoms. The van der Waals surface area contributed by atoms with Crippen molar-refractivity contribution in [3.05, 3.63) is 34.9 Å². The Balaban J connectivity index is 1.60. The summed E-state index contributed by atoms with van der Waals surface area (Å²) < 4.78 is 4.99. The highest BCUT2D eigenvalue weighted by atomic mass is 16.5. The van der Waals surface area contributed by atoms with Gasteiger partial charge in [-0.2, -0.15) is 0 Å². The summed E-state index contributed by atoms with van der Waals surface area (Å²) in [5.41, 5.74) is 1.02. The molecule has 2 aliphatic rings. The fraction of sp³-hybridized carbons (Fsp3) is 0.565. The lowest BCUT2D eigenvalue weighted by Gasteiger charge is -2.32. The summed E-state index contributed by atoms with van der Waals surface area (Å²) >= 11 is 0. The van der Waals surface area contributed by atoms with Gasteiger partial charge in [-0.3, -0.25) is 24.1 Å². The van der Waals surface area contributed by atoms with Crippen LogP contribution in [0.4, 0.5) is 0 Å². The molecule has 0 atom stereocenters. The smallest absolute Gasteiger partial charge is 0.261 e. The number of nitrogens with one attached hydrogen (secondary N) is 1. The predicted octanol–water partition coefficient (Wildman–Crippen LogP) is 2.09. The quantitative estimate of drug-likeness (QED) is 0.504. The van der Waals surface area contributed by atoms with Crippen LogP contribution < -0.4 is 5.32 Å². The molecular formula is C23H31N3O5. The van der Waals surface area contributed by atoms with Crippen molar-refractivity contribution < 1.29 is 23.9 Å². The summed E-state index contributed by atoms with van der Waals surface area (Å²) in [5, 5.41) is 3.05. The zero-order valence-corrected chi connectivity index (χ0v) is 18.5. The zero-order valence-electron chi connectivity index (χ0n) is 18.5. The molecule has 31 heavy (non-hydrogen) atoms. The minimum absolute atomic E-state index is 0.0524. The van der Waals surface area contributed by atoms with Crippen molar-refractivity contribution in [1.29, 1.82) is 0 Å². The van der Waals surface area contributed by atoms with Gasteiger partial charge >= 0.3 is 0 Å². The molecule has 168 valence electrons. The molecule has 1 saturated heterocycles. The van der Waals surface area contributed by atoms with Crippen LogP contribution in [0.15, 0.2) is 18.2 Å². The molecule has 3 rings (SSSR count). The third kappa shape index (κ3) is 5.31. The lowest BCUT2D eigenvalue weighted by atomic mass is 10.0. The van der Waals surface area contributed by atoms with Crippen molar-refractivity contribution >= 4 is 23.6 Å². The number of imide groups is 1. The molecule has 1 N–H and O–H groups in total. The second-order valence-electron chi connectivity index (χ2n) is 8.60. The van der Waals surface area contributed by atoms with Gasteiger partial charge in [0.05, 0.1) is 11.1 Å². The lowest BCUT2D eigenvalue weighted by molar-refractivity contribution is -0.122. The van der Waals surface area contributed by atoms with Gasteiger partial charge in [0.25, 0.3) is 17.7 Å². The maximum atomic E-state index is 13.0. The fourth-order valence-corrected chi connectivity index (χ4v) is 4.06. The van der Waals surface area contributed by atoms with Crippen LogP contribution in [-0.2, 0) is 9.53 Å². The van der Waals surface area contributed by atoms with Crippen molar-refractivity contribution in [2.75, 3.05) is 33.4 Å². The van der Waals surface area contributed by atoms with Crippen molar-refractivity contribution in [2.24, 2.45) is 5.92 Å². The number of methoxy groups -OCH3 is 1. The lowest BCUT2D eigenvalue weighted by Crippen LogP contribution is -2.46. The van der Waals surface area contributed by atoms with Gasteiger partial charge in [-0.1, -0.05) is 13.8 Å². The van der Waals surface area contributed by atoms with Crippen LogP contribution in [0.3, 0.4) is 0 Å². The highest BCUT2D eigenvalue weighted by Gasteiger charge is 2.36. The van der Waals surface area contributed by atoms with E-state index in [9.17, 15) is 19.2 Å². The molecule has 2 aliphatic heterocycles. The van der Waals surface area contributed by atoms with Gasteiger partial charge in [0.15, 0.2) is 0 Å². The first-order valence-corrected chi connectivity index (χ1v) is 10.9. The first kappa shape index (κ1) is 22.9. The Morgan fingerprint density at radius 3 is 2.45 bits per heavy atom. The summed E-state index contributed by atoms with van der Waals surface area (Å²) in [4.78, 5) is 53.1. The van der Waals surface area contributed by atoms with E-state index in [1.807, 2.05) is 13.8 Å². The predicted molar refractivity (Wildman–Crippen MR) is 115 cm³/mol. The van der Waals surface area contributed by atoms with Gasteiger partial charge in [0.2, 0.25) is 5.91 Å². The number of piperidine rings is 1. The van der Waals surface area contributed by atoms with E-state index >= 15 is 0 Å². The Morgan fingerprint density at radius 1 is 1.13 bits per heavy atom. The molecule has 4 amide bonds. The number of hydrogen-bond donors (Lipinski definition) is 1. The minimum atomic E-state index is -0.364. The Labute approximate surface area is 182 Å².